The number of carbonyl (C=O) groups excluding carboxylic acids is 2. The van der Waals surface area contributed by atoms with Gasteiger partial charge in [0.1, 0.15) is 6.04 Å². The van der Waals surface area contributed by atoms with E-state index in [0.717, 1.165) is 55.5 Å². The molecule has 4 aromatic rings. The molecule has 14 heteroatoms. The molecule has 2 aliphatic rings. The molecule has 0 N–H and O–H groups in total. The first-order valence-electron chi connectivity index (χ1n) is 22.8. The van der Waals surface area contributed by atoms with Gasteiger partial charge in [0.05, 0.1) is 103 Å². The average molecular weight is 914 g/mol. The first kappa shape index (κ1) is 49.6. The van der Waals surface area contributed by atoms with Crippen LogP contribution in [0.5, 0.6) is 46.0 Å². The van der Waals surface area contributed by atoms with Crippen LogP contribution in [-0.4, -0.2) is 125 Å². The van der Waals surface area contributed by atoms with Crippen LogP contribution in [0.3, 0.4) is 0 Å². The summed E-state index contributed by atoms with van der Waals surface area (Å²) < 4.78 is 57.0. The van der Waals surface area contributed by atoms with E-state index >= 15 is 0 Å². The molecular formula is C52H69N2O12+. The van der Waals surface area contributed by atoms with Crippen molar-refractivity contribution in [2.45, 2.75) is 69.9 Å². The summed E-state index contributed by atoms with van der Waals surface area (Å²) in [6, 6.07) is 20.3. The molecule has 0 saturated heterocycles. The van der Waals surface area contributed by atoms with Crippen molar-refractivity contribution in [3.05, 3.63) is 94.0 Å². The van der Waals surface area contributed by atoms with Gasteiger partial charge in [-0.1, -0.05) is 12.1 Å². The molecule has 0 aliphatic carbocycles. The van der Waals surface area contributed by atoms with Gasteiger partial charge in [-0.25, -0.2) is 0 Å². The molecule has 358 valence electrons. The van der Waals surface area contributed by atoms with Gasteiger partial charge in [0.25, 0.3) is 0 Å². The quantitative estimate of drug-likeness (QED) is 0.0384. The predicted octanol–water partition coefficient (Wildman–Crippen LogP) is 7.92. The van der Waals surface area contributed by atoms with Crippen molar-refractivity contribution in [1.82, 2.24) is 4.90 Å². The molecule has 3 atom stereocenters. The summed E-state index contributed by atoms with van der Waals surface area (Å²) in [5.41, 5.74) is 6.93. The number of quaternary nitrogens is 1. The Morgan fingerprint density at radius 2 is 1.02 bits per heavy atom. The van der Waals surface area contributed by atoms with Crippen LogP contribution in [0, 0.1) is 0 Å². The highest BCUT2D eigenvalue weighted by atomic mass is 16.5. The highest BCUT2D eigenvalue weighted by Gasteiger charge is 2.40. The summed E-state index contributed by atoms with van der Waals surface area (Å²) in [5.74, 6) is 5.01. The summed E-state index contributed by atoms with van der Waals surface area (Å²) >= 11 is 0. The Morgan fingerprint density at radius 3 is 1.56 bits per heavy atom. The van der Waals surface area contributed by atoms with Crippen molar-refractivity contribution >= 4 is 11.9 Å². The van der Waals surface area contributed by atoms with Gasteiger partial charge in [-0.2, -0.15) is 0 Å². The van der Waals surface area contributed by atoms with Crippen LogP contribution in [0.4, 0.5) is 0 Å². The fourth-order valence-corrected chi connectivity index (χ4v) is 9.46. The number of unbranched alkanes of at least 4 members (excludes halogenated alkanes) is 2. The monoisotopic (exact) mass is 913 g/mol. The van der Waals surface area contributed by atoms with Crippen molar-refractivity contribution in [3.8, 4) is 46.0 Å². The summed E-state index contributed by atoms with van der Waals surface area (Å²) in [4.78, 5) is 28.6. The van der Waals surface area contributed by atoms with E-state index in [4.69, 9.17) is 47.4 Å². The van der Waals surface area contributed by atoms with Gasteiger partial charge < -0.3 is 51.9 Å². The molecular weight excluding hydrogens is 845 g/mol. The van der Waals surface area contributed by atoms with E-state index in [-0.39, 0.29) is 30.4 Å². The minimum absolute atomic E-state index is 0.0116. The number of esters is 2. The van der Waals surface area contributed by atoms with Crippen LogP contribution in [0.25, 0.3) is 0 Å². The van der Waals surface area contributed by atoms with E-state index in [1.165, 1.54) is 16.7 Å². The molecule has 2 aliphatic heterocycles. The minimum atomic E-state index is -0.233. The smallest absolute Gasteiger partial charge is 0.311 e. The number of methoxy groups -OCH3 is 8. The van der Waals surface area contributed by atoms with Gasteiger partial charge in [0.15, 0.2) is 46.0 Å². The number of carbonyl (C=O) groups is 2. The van der Waals surface area contributed by atoms with Gasteiger partial charge in [-0.05, 0) is 108 Å². The molecule has 0 aromatic heterocycles. The fourth-order valence-electron chi connectivity index (χ4n) is 9.46. The molecule has 0 spiro atoms. The topological polar surface area (TPSA) is 130 Å². The summed E-state index contributed by atoms with van der Waals surface area (Å²) in [5, 5.41) is 0. The minimum Gasteiger partial charge on any atom is -0.493 e. The molecule has 0 amide bonds. The van der Waals surface area contributed by atoms with Gasteiger partial charge >= 0.3 is 11.9 Å². The second-order valence-electron chi connectivity index (χ2n) is 17.1. The number of benzene rings is 4. The van der Waals surface area contributed by atoms with E-state index in [9.17, 15) is 9.59 Å². The van der Waals surface area contributed by atoms with Crippen LogP contribution in [-0.2, 0) is 44.7 Å². The molecule has 0 fully saturated rings. The standard InChI is InChI=1S/C52H69N2O12/c1-54(23-19-38-32-48(62-7)50(64-9)34-40(38)42(54)28-36-14-16-44(58-3)46(30-36)60-5)24-20-52(56)66-26-12-10-11-25-65-51(55)18-22-53-21-17-37-31-47(61-6)49(63-8)33-39(37)41(53)27-35-13-15-43(57-2)45(29-35)59-4/h13-16,29-34,41-42H,10-12,17-28H2,1-9H3/q+1. The third-order valence-corrected chi connectivity index (χ3v) is 13.3. The number of nitrogens with zero attached hydrogens (tertiary/aromatic N) is 2. The van der Waals surface area contributed by atoms with Crippen LogP contribution < -0.4 is 37.9 Å². The van der Waals surface area contributed by atoms with E-state index in [2.05, 4.69) is 48.3 Å². The lowest BCUT2D eigenvalue weighted by atomic mass is 9.86. The molecule has 0 bridgehead atoms. The lowest BCUT2D eigenvalue weighted by Gasteiger charge is -2.46. The molecule has 3 unspecified atom stereocenters. The van der Waals surface area contributed by atoms with Crippen LogP contribution in [0.15, 0.2) is 60.7 Å². The van der Waals surface area contributed by atoms with Crippen molar-refractivity contribution in [2.75, 3.05) is 103 Å². The molecule has 0 saturated carbocycles. The lowest BCUT2D eigenvalue weighted by molar-refractivity contribution is -0.940. The third-order valence-electron chi connectivity index (χ3n) is 13.3. The Morgan fingerprint density at radius 1 is 0.545 bits per heavy atom. The largest absolute Gasteiger partial charge is 0.493 e. The van der Waals surface area contributed by atoms with Crippen LogP contribution in [0.1, 0.15) is 77.6 Å². The van der Waals surface area contributed by atoms with Gasteiger partial charge in [-0.15, -0.1) is 0 Å². The summed E-state index contributed by atoms with van der Waals surface area (Å²) in [6.07, 6.45) is 5.77. The first-order valence-corrected chi connectivity index (χ1v) is 22.8. The molecule has 2 heterocycles. The van der Waals surface area contributed by atoms with Gasteiger partial charge in [0.2, 0.25) is 0 Å². The van der Waals surface area contributed by atoms with E-state index in [0.29, 0.717) is 102 Å². The van der Waals surface area contributed by atoms with E-state index in [1.807, 2.05) is 24.3 Å². The van der Waals surface area contributed by atoms with Crippen molar-refractivity contribution in [1.29, 1.82) is 0 Å². The number of fused-ring (bicyclic) bond motifs is 2. The normalized spacial score (nSPS) is 17.7. The Hall–Kier alpha value is -5.86. The molecule has 0 radical (unpaired) electrons. The van der Waals surface area contributed by atoms with Gasteiger partial charge in [0, 0.05) is 37.5 Å². The highest BCUT2D eigenvalue weighted by Crippen LogP contribution is 2.44. The van der Waals surface area contributed by atoms with E-state index in [1.54, 1.807) is 56.9 Å². The van der Waals surface area contributed by atoms with Crippen molar-refractivity contribution in [3.63, 3.8) is 0 Å². The first-order chi connectivity index (χ1) is 32.0. The third kappa shape index (κ3) is 11.9. The fraction of sp³-hybridized carbons (Fsp3) is 0.500. The van der Waals surface area contributed by atoms with Crippen LogP contribution in [0.2, 0.25) is 0 Å². The zero-order valence-electron chi connectivity index (χ0n) is 40.3. The molecule has 6 rings (SSSR count). The SMILES string of the molecule is COc1ccc(CC2c3cc(OC)c(OC)cc3CCN2CCC(=O)OCCCCCOC(=O)CC[N+]2(C)CCc3cc(OC)c(OC)cc3C2Cc2ccc(OC)c(OC)c2)cc1OC. The molecule has 14 nitrogen and oxygen atoms in total. The summed E-state index contributed by atoms with van der Waals surface area (Å²) in [7, 11) is 15.4. The molecule has 4 aromatic carbocycles. The van der Waals surface area contributed by atoms with Crippen molar-refractivity contribution < 1.29 is 61.4 Å². The Bertz CT molecular complexity index is 2260. The number of likely N-dealkylation sites (N-methyl/N-ethyl adjacent to an activating group) is 1. The average Bonchev–Trinajstić information content (AvgIpc) is 3.34. The van der Waals surface area contributed by atoms with E-state index < -0.39 is 0 Å². The van der Waals surface area contributed by atoms with Crippen molar-refractivity contribution in [2.24, 2.45) is 0 Å². The maximum atomic E-state index is 13.2. The second kappa shape index (κ2) is 23.5. The van der Waals surface area contributed by atoms with Gasteiger partial charge in [-0.3, -0.25) is 14.5 Å². The highest BCUT2D eigenvalue weighted by molar-refractivity contribution is 5.70. The zero-order chi connectivity index (χ0) is 47.2. The maximum absolute atomic E-state index is 13.2. The number of rotatable bonds is 24. The Kier molecular flexibility index (Phi) is 17.7. The zero-order valence-corrected chi connectivity index (χ0v) is 40.3. The number of hydrogen-bond donors (Lipinski definition) is 0. The number of hydrogen-bond acceptors (Lipinski definition) is 13. The Balaban J connectivity index is 0.972. The summed E-state index contributed by atoms with van der Waals surface area (Å²) in [6.45, 7) is 3.43. The maximum Gasteiger partial charge on any atom is 0.311 e. The Labute approximate surface area is 390 Å². The lowest BCUT2D eigenvalue weighted by Crippen LogP contribution is -2.53. The molecule has 66 heavy (non-hydrogen) atoms. The van der Waals surface area contributed by atoms with Crippen LogP contribution >= 0.6 is 0 Å². The number of ether oxygens (including phenoxy) is 10. The second-order valence-corrected chi connectivity index (χ2v) is 17.1. The predicted molar refractivity (Wildman–Crippen MR) is 251 cm³/mol.